The Labute approximate surface area is 130 Å². The first-order valence-corrected chi connectivity index (χ1v) is 7.11. The van der Waals surface area contributed by atoms with Gasteiger partial charge in [-0.1, -0.05) is 6.07 Å². The second kappa shape index (κ2) is 8.26. The zero-order valence-electron chi connectivity index (χ0n) is 13.5. The fraction of sp³-hybridized carbons (Fsp3) is 0.500. The van der Waals surface area contributed by atoms with Crippen molar-refractivity contribution in [2.45, 2.75) is 32.7 Å². The Kier molecular flexibility index (Phi) is 6.69. The zero-order chi connectivity index (χ0) is 16.7. The van der Waals surface area contributed by atoms with Crippen LogP contribution in [-0.2, 0) is 16.0 Å². The number of ether oxygens (including phenoxy) is 2. The van der Waals surface area contributed by atoms with Gasteiger partial charge < -0.3 is 19.5 Å². The smallest absolute Gasteiger partial charge is 0.305 e. The lowest BCUT2D eigenvalue weighted by Crippen LogP contribution is -2.39. The van der Waals surface area contributed by atoms with Crippen LogP contribution in [0, 0.1) is 0 Å². The van der Waals surface area contributed by atoms with Gasteiger partial charge in [0.25, 0.3) is 0 Å². The van der Waals surface area contributed by atoms with Gasteiger partial charge >= 0.3 is 5.97 Å². The van der Waals surface area contributed by atoms with Crippen LogP contribution in [0.4, 0.5) is 0 Å². The summed E-state index contributed by atoms with van der Waals surface area (Å²) in [5.41, 5.74) is 0.665. The highest BCUT2D eigenvalue weighted by Gasteiger charge is 2.21. The number of carbonyl (C=O) groups excluding carboxylic acids is 1. The monoisotopic (exact) mass is 309 g/mol. The first-order valence-electron chi connectivity index (χ1n) is 7.11. The van der Waals surface area contributed by atoms with Crippen LogP contribution in [0.15, 0.2) is 18.2 Å². The predicted octanol–water partition coefficient (Wildman–Crippen LogP) is 1.96. The van der Waals surface area contributed by atoms with Gasteiger partial charge in [-0.15, -0.1) is 0 Å². The van der Waals surface area contributed by atoms with Crippen LogP contribution in [0.5, 0.6) is 11.5 Å². The molecule has 1 amide bonds. The Hall–Kier alpha value is -2.24. The summed E-state index contributed by atoms with van der Waals surface area (Å²) in [4.78, 5) is 24.8. The molecule has 0 saturated heterocycles. The van der Waals surface area contributed by atoms with Crippen LogP contribution in [-0.4, -0.2) is 48.7 Å². The fourth-order valence-corrected chi connectivity index (χ4v) is 2.24. The predicted molar refractivity (Wildman–Crippen MR) is 82.4 cm³/mol. The summed E-state index contributed by atoms with van der Waals surface area (Å²) < 4.78 is 10.6. The Balaban J connectivity index is 2.96. The number of carboxylic acid groups (broad SMARTS) is 1. The molecule has 122 valence electrons. The second-order valence-electron chi connectivity index (χ2n) is 5.14. The molecular weight excluding hydrogens is 286 g/mol. The van der Waals surface area contributed by atoms with Gasteiger partial charge in [-0.2, -0.15) is 0 Å². The minimum atomic E-state index is -0.923. The lowest BCUT2D eigenvalue weighted by Gasteiger charge is -2.27. The van der Waals surface area contributed by atoms with Crippen molar-refractivity contribution in [1.82, 2.24) is 4.90 Å². The molecule has 0 unspecified atom stereocenters. The standard InChI is InChI=1S/C16H23NO5/c1-11(2)17(9-8-16(19)20)15(18)10-12-13(21-3)6-5-7-14(12)22-4/h5-7,11H,8-10H2,1-4H3,(H,19,20). The van der Waals surface area contributed by atoms with E-state index in [9.17, 15) is 9.59 Å². The minimum Gasteiger partial charge on any atom is -0.496 e. The van der Waals surface area contributed by atoms with Crippen molar-refractivity contribution in [3.05, 3.63) is 23.8 Å². The van der Waals surface area contributed by atoms with Crippen molar-refractivity contribution >= 4 is 11.9 Å². The molecule has 6 nitrogen and oxygen atoms in total. The van der Waals surface area contributed by atoms with Crippen molar-refractivity contribution in [2.75, 3.05) is 20.8 Å². The van der Waals surface area contributed by atoms with E-state index in [0.717, 1.165) is 0 Å². The van der Waals surface area contributed by atoms with E-state index in [2.05, 4.69) is 0 Å². The van der Waals surface area contributed by atoms with Gasteiger partial charge in [0.15, 0.2) is 0 Å². The van der Waals surface area contributed by atoms with Crippen LogP contribution in [0.2, 0.25) is 0 Å². The molecule has 1 N–H and O–H groups in total. The van der Waals surface area contributed by atoms with E-state index in [1.54, 1.807) is 23.1 Å². The number of hydrogen-bond donors (Lipinski definition) is 1. The molecule has 1 aromatic carbocycles. The number of carboxylic acids is 1. The number of benzene rings is 1. The van der Waals surface area contributed by atoms with Gasteiger partial charge in [0.1, 0.15) is 11.5 Å². The molecule has 0 aromatic heterocycles. The van der Waals surface area contributed by atoms with Crippen molar-refractivity contribution < 1.29 is 24.2 Å². The molecule has 1 rings (SSSR count). The third-order valence-electron chi connectivity index (χ3n) is 3.37. The van der Waals surface area contributed by atoms with Crippen LogP contribution in [0.1, 0.15) is 25.8 Å². The van der Waals surface area contributed by atoms with Gasteiger partial charge in [-0.25, -0.2) is 0 Å². The molecular formula is C16H23NO5. The quantitative estimate of drug-likeness (QED) is 0.794. The summed E-state index contributed by atoms with van der Waals surface area (Å²) in [6.07, 6.45) is 0.0258. The van der Waals surface area contributed by atoms with Crippen molar-refractivity contribution in [1.29, 1.82) is 0 Å². The third kappa shape index (κ3) is 4.65. The summed E-state index contributed by atoms with van der Waals surface area (Å²) >= 11 is 0. The number of carbonyl (C=O) groups is 2. The Bertz CT molecular complexity index is 505. The molecule has 0 spiro atoms. The van der Waals surface area contributed by atoms with Gasteiger partial charge in [-0.05, 0) is 26.0 Å². The van der Waals surface area contributed by atoms with Gasteiger partial charge in [-0.3, -0.25) is 9.59 Å². The lowest BCUT2D eigenvalue weighted by molar-refractivity contribution is -0.139. The maximum Gasteiger partial charge on any atom is 0.305 e. The molecule has 0 bridgehead atoms. The number of aliphatic carboxylic acids is 1. The summed E-state index contributed by atoms with van der Waals surface area (Å²) in [7, 11) is 3.07. The highest BCUT2D eigenvalue weighted by molar-refractivity contribution is 5.81. The first-order chi connectivity index (χ1) is 10.4. The van der Waals surface area contributed by atoms with Crippen LogP contribution in [0.25, 0.3) is 0 Å². The zero-order valence-corrected chi connectivity index (χ0v) is 13.5. The van der Waals surface area contributed by atoms with Crippen LogP contribution >= 0.6 is 0 Å². The molecule has 0 aliphatic carbocycles. The molecule has 22 heavy (non-hydrogen) atoms. The SMILES string of the molecule is COc1cccc(OC)c1CC(=O)N(CCC(=O)O)C(C)C. The van der Waals surface area contributed by atoms with E-state index in [1.807, 2.05) is 13.8 Å². The highest BCUT2D eigenvalue weighted by atomic mass is 16.5. The maximum atomic E-state index is 12.5. The lowest BCUT2D eigenvalue weighted by atomic mass is 10.1. The molecule has 0 heterocycles. The Morgan fingerprint density at radius 1 is 1.18 bits per heavy atom. The number of methoxy groups -OCH3 is 2. The van der Waals surface area contributed by atoms with E-state index in [4.69, 9.17) is 14.6 Å². The normalized spacial score (nSPS) is 10.4. The second-order valence-corrected chi connectivity index (χ2v) is 5.14. The topological polar surface area (TPSA) is 76.1 Å². The molecule has 1 aromatic rings. The summed E-state index contributed by atoms with van der Waals surface area (Å²) in [6, 6.07) is 5.24. The van der Waals surface area contributed by atoms with Gasteiger partial charge in [0.05, 0.1) is 27.1 Å². The number of hydrogen-bond acceptors (Lipinski definition) is 4. The van der Waals surface area contributed by atoms with E-state index in [-0.39, 0.29) is 31.3 Å². The van der Waals surface area contributed by atoms with Gasteiger partial charge in [0, 0.05) is 18.2 Å². The first kappa shape index (κ1) is 17.8. The Morgan fingerprint density at radius 3 is 2.14 bits per heavy atom. The number of amides is 1. The van der Waals surface area contributed by atoms with Crippen LogP contribution < -0.4 is 9.47 Å². The largest absolute Gasteiger partial charge is 0.496 e. The molecule has 0 radical (unpaired) electrons. The minimum absolute atomic E-state index is 0.0763. The summed E-state index contributed by atoms with van der Waals surface area (Å²) in [5.74, 6) is 0.0802. The van der Waals surface area contributed by atoms with E-state index < -0.39 is 5.97 Å². The van der Waals surface area contributed by atoms with Gasteiger partial charge in [0.2, 0.25) is 5.91 Å². The number of nitrogens with zero attached hydrogens (tertiary/aromatic N) is 1. The molecule has 0 fully saturated rings. The van der Waals surface area contributed by atoms with E-state index in [0.29, 0.717) is 17.1 Å². The molecule has 0 aliphatic rings. The maximum absolute atomic E-state index is 12.5. The molecule has 0 saturated carbocycles. The molecule has 6 heteroatoms. The summed E-state index contributed by atoms with van der Waals surface area (Å²) in [6.45, 7) is 3.90. The van der Waals surface area contributed by atoms with Crippen LogP contribution in [0.3, 0.4) is 0 Å². The average molecular weight is 309 g/mol. The third-order valence-corrected chi connectivity index (χ3v) is 3.37. The highest BCUT2D eigenvalue weighted by Crippen LogP contribution is 2.29. The molecule has 0 atom stereocenters. The van der Waals surface area contributed by atoms with Crippen molar-refractivity contribution in [3.63, 3.8) is 0 Å². The fourth-order valence-electron chi connectivity index (χ4n) is 2.24. The van der Waals surface area contributed by atoms with Crippen molar-refractivity contribution in [3.8, 4) is 11.5 Å². The number of rotatable bonds is 8. The summed E-state index contributed by atoms with van der Waals surface area (Å²) in [5, 5.41) is 8.80. The molecule has 0 aliphatic heterocycles. The Morgan fingerprint density at radius 2 is 1.73 bits per heavy atom. The van der Waals surface area contributed by atoms with E-state index in [1.165, 1.54) is 14.2 Å². The average Bonchev–Trinajstić information content (AvgIpc) is 2.46. The van der Waals surface area contributed by atoms with Crippen molar-refractivity contribution in [2.24, 2.45) is 0 Å². The van der Waals surface area contributed by atoms with E-state index >= 15 is 0 Å².